The van der Waals surface area contributed by atoms with E-state index in [0.29, 0.717) is 29.7 Å². The van der Waals surface area contributed by atoms with Crippen LogP contribution in [0.5, 0.6) is 5.75 Å². The molecule has 4 rings (SSSR count). The van der Waals surface area contributed by atoms with Crippen LogP contribution in [-0.4, -0.2) is 22.7 Å². The molecular formula is C24H26ClNO3. The highest BCUT2D eigenvalue weighted by Crippen LogP contribution is 2.40. The van der Waals surface area contributed by atoms with Gasteiger partial charge in [0, 0.05) is 17.3 Å². The van der Waals surface area contributed by atoms with E-state index in [1.54, 1.807) is 6.92 Å². The molecule has 0 amide bonds. The number of carboxylic acid groups (broad SMARTS) is 1. The number of benzene rings is 2. The molecule has 2 aromatic carbocycles. The van der Waals surface area contributed by atoms with E-state index in [1.807, 2.05) is 30.5 Å². The number of ether oxygens (including phenoxy) is 1. The Labute approximate surface area is 175 Å². The topological polar surface area (TPSA) is 62.3 Å². The van der Waals surface area contributed by atoms with Gasteiger partial charge in [0.05, 0.1) is 17.5 Å². The molecule has 29 heavy (non-hydrogen) atoms. The fraction of sp³-hybridized carbons (Fsp3) is 0.375. The van der Waals surface area contributed by atoms with Crippen molar-refractivity contribution in [3.63, 3.8) is 0 Å². The molecule has 0 saturated heterocycles. The summed E-state index contributed by atoms with van der Waals surface area (Å²) in [5.74, 6) is -0.00716. The lowest BCUT2D eigenvalue weighted by Crippen LogP contribution is -2.13. The second-order valence-corrected chi connectivity index (χ2v) is 8.55. The summed E-state index contributed by atoms with van der Waals surface area (Å²) in [5, 5.41) is 11.0. The summed E-state index contributed by atoms with van der Waals surface area (Å²) in [6.07, 6.45) is 7.30. The Bertz CT molecular complexity index is 1020. The van der Waals surface area contributed by atoms with Crippen LogP contribution < -0.4 is 4.74 Å². The van der Waals surface area contributed by atoms with E-state index in [4.69, 9.17) is 16.3 Å². The maximum Gasteiger partial charge on any atom is 0.306 e. The van der Waals surface area contributed by atoms with Gasteiger partial charge in [-0.1, -0.05) is 37.4 Å². The summed E-state index contributed by atoms with van der Waals surface area (Å²) in [5.41, 5.74) is 3.92. The van der Waals surface area contributed by atoms with Gasteiger partial charge in [-0.05, 0) is 72.0 Å². The summed E-state index contributed by atoms with van der Waals surface area (Å²) >= 11 is 6.65. The first kappa shape index (κ1) is 19.8. The zero-order chi connectivity index (χ0) is 20.4. The van der Waals surface area contributed by atoms with E-state index in [9.17, 15) is 9.90 Å². The highest BCUT2D eigenvalue weighted by molar-refractivity contribution is 6.32. The third-order valence-corrected chi connectivity index (χ3v) is 6.15. The van der Waals surface area contributed by atoms with Crippen molar-refractivity contribution in [3.8, 4) is 16.9 Å². The maximum atomic E-state index is 11.3. The summed E-state index contributed by atoms with van der Waals surface area (Å²) < 4.78 is 6.25. The average Bonchev–Trinajstić information content (AvgIpc) is 3.37. The zero-order valence-corrected chi connectivity index (χ0v) is 17.3. The summed E-state index contributed by atoms with van der Waals surface area (Å²) in [7, 11) is 0. The minimum Gasteiger partial charge on any atom is -0.491 e. The number of carbonyl (C=O) groups is 1. The van der Waals surface area contributed by atoms with Crippen molar-refractivity contribution in [2.24, 2.45) is 11.8 Å². The van der Waals surface area contributed by atoms with E-state index in [1.165, 1.54) is 25.7 Å². The summed E-state index contributed by atoms with van der Waals surface area (Å²) in [4.78, 5) is 14.5. The van der Waals surface area contributed by atoms with Crippen LogP contribution in [0.4, 0.5) is 0 Å². The molecule has 1 heterocycles. The smallest absolute Gasteiger partial charge is 0.306 e. The molecule has 1 aliphatic carbocycles. The van der Waals surface area contributed by atoms with E-state index in [-0.39, 0.29) is 0 Å². The SMILES string of the molecule is CC(Cc1cc(Cl)c(OCC2CCCC2)c(-c2ccc3[nH]ccc3c2)c1)C(=O)O. The number of hydrogen-bond donors (Lipinski definition) is 2. The zero-order valence-electron chi connectivity index (χ0n) is 16.6. The number of rotatable bonds is 7. The molecule has 1 aliphatic rings. The molecule has 4 nitrogen and oxygen atoms in total. The van der Waals surface area contributed by atoms with Crippen LogP contribution in [0.25, 0.3) is 22.0 Å². The van der Waals surface area contributed by atoms with E-state index < -0.39 is 11.9 Å². The second-order valence-electron chi connectivity index (χ2n) is 8.14. The molecule has 1 aromatic heterocycles. The Morgan fingerprint density at radius 3 is 2.79 bits per heavy atom. The Kier molecular flexibility index (Phi) is 5.81. The molecular weight excluding hydrogens is 386 g/mol. The molecule has 1 unspecified atom stereocenters. The van der Waals surface area contributed by atoms with Crippen LogP contribution in [-0.2, 0) is 11.2 Å². The molecule has 1 saturated carbocycles. The number of halogens is 1. The third-order valence-electron chi connectivity index (χ3n) is 5.87. The largest absolute Gasteiger partial charge is 0.491 e. The molecule has 1 atom stereocenters. The third kappa shape index (κ3) is 4.43. The van der Waals surface area contributed by atoms with Crippen molar-refractivity contribution in [2.45, 2.75) is 39.0 Å². The van der Waals surface area contributed by atoms with Gasteiger partial charge in [-0.25, -0.2) is 0 Å². The monoisotopic (exact) mass is 411 g/mol. The van der Waals surface area contributed by atoms with E-state index in [2.05, 4.69) is 17.1 Å². The Morgan fingerprint density at radius 1 is 1.24 bits per heavy atom. The normalized spacial score (nSPS) is 15.7. The van der Waals surface area contributed by atoms with Gasteiger partial charge in [-0.2, -0.15) is 0 Å². The first-order chi connectivity index (χ1) is 14.0. The molecule has 0 aliphatic heterocycles. The predicted octanol–water partition coefficient (Wildman–Crippen LogP) is 6.32. The fourth-order valence-electron chi connectivity index (χ4n) is 4.17. The van der Waals surface area contributed by atoms with Crippen LogP contribution in [0.1, 0.15) is 38.2 Å². The van der Waals surface area contributed by atoms with Gasteiger partial charge < -0.3 is 14.8 Å². The van der Waals surface area contributed by atoms with Gasteiger partial charge >= 0.3 is 5.97 Å². The molecule has 0 radical (unpaired) electrons. The van der Waals surface area contributed by atoms with Crippen molar-refractivity contribution >= 4 is 28.5 Å². The van der Waals surface area contributed by atoms with Crippen LogP contribution in [0, 0.1) is 11.8 Å². The Hall–Kier alpha value is -2.46. The highest BCUT2D eigenvalue weighted by Gasteiger charge is 2.20. The minimum atomic E-state index is -0.807. The van der Waals surface area contributed by atoms with Crippen LogP contribution >= 0.6 is 11.6 Å². The highest BCUT2D eigenvalue weighted by atomic mass is 35.5. The fourth-order valence-corrected chi connectivity index (χ4v) is 4.46. The number of nitrogens with one attached hydrogen (secondary N) is 1. The van der Waals surface area contributed by atoms with Gasteiger partial charge in [-0.15, -0.1) is 0 Å². The Morgan fingerprint density at radius 2 is 2.03 bits per heavy atom. The van der Waals surface area contributed by atoms with Crippen molar-refractivity contribution in [1.82, 2.24) is 4.98 Å². The van der Waals surface area contributed by atoms with E-state index >= 15 is 0 Å². The molecule has 3 aromatic rings. The quantitative estimate of drug-likeness (QED) is 0.478. The molecule has 0 spiro atoms. The standard InChI is InChI=1S/C24H26ClNO3/c1-15(24(27)28)10-17-11-20(18-6-7-22-19(13-18)8-9-26-22)23(21(25)12-17)29-14-16-4-2-3-5-16/h6-9,11-13,15-16,26H,2-5,10,14H2,1H3,(H,27,28). The molecule has 1 fully saturated rings. The van der Waals surface area contributed by atoms with Gasteiger partial charge in [0.15, 0.2) is 0 Å². The van der Waals surface area contributed by atoms with Gasteiger partial charge in [0.2, 0.25) is 0 Å². The van der Waals surface area contributed by atoms with Crippen LogP contribution in [0.15, 0.2) is 42.6 Å². The van der Waals surface area contributed by atoms with Crippen LogP contribution in [0.3, 0.4) is 0 Å². The molecule has 152 valence electrons. The average molecular weight is 412 g/mol. The van der Waals surface area contributed by atoms with Crippen molar-refractivity contribution in [1.29, 1.82) is 0 Å². The maximum absolute atomic E-state index is 11.3. The molecule has 5 heteroatoms. The van der Waals surface area contributed by atoms with Gasteiger partial charge in [0.1, 0.15) is 5.75 Å². The summed E-state index contributed by atoms with van der Waals surface area (Å²) in [6.45, 7) is 2.39. The number of carboxylic acids is 1. The first-order valence-corrected chi connectivity index (χ1v) is 10.6. The molecule has 0 bridgehead atoms. The van der Waals surface area contributed by atoms with Gasteiger partial charge in [0.25, 0.3) is 0 Å². The number of H-pyrrole nitrogens is 1. The van der Waals surface area contributed by atoms with Crippen molar-refractivity contribution in [3.05, 3.63) is 53.2 Å². The van der Waals surface area contributed by atoms with E-state index in [0.717, 1.165) is 27.6 Å². The number of aromatic amines is 1. The predicted molar refractivity (Wildman–Crippen MR) is 117 cm³/mol. The molecule has 2 N–H and O–H groups in total. The van der Waals surface area contributed by atoms with Crippen molar-refractivity contribution in [2.75, 3.05) is 6.61 Å². The second kappa shape index (κ2) is 8.50. The van der Waals surface area contributed by atoms with Gasteiger partial charge in [-0.3, -0.25) is 4.79 Å². The lowest BCUT2D eigenvalue weighted by Gasteiger charge is -2.18. The minimum absolute atomic E-state index is 0.428. The summed E-state index contributed by atoms with van der Waals surface area (Å²) in [6, 6.07) is 12.1. The van der Waals surface area contributed by atoms with Crippen LogP contribution in [0.2, 0.25) is 5.02 Å². The first-order valence-electron chi connectivity index (χ1n) is 10.3. The number of aliphatic carboxylic acids is 1. The number of hydrogen-bond acceptors (Lipinski definition) is 2. The lowest BCUT2D eigenvalue weighted by molar-refractivity contribution is -0.141. The number of aromatic nitrogens is 1. The Balaban J connectivity index is 1.72. The lowest BCUT2D eigenvalue weighted by atomic mass is 9.95. The van der Waals surface area contributed by atoms with Crippen molar-refractivity contribution < 1.29 is 14.6 Å². The number of fused-ring (bicyclic) bond motifs is 1.